The van der Waals surface area contributed by atoms with Crippen molar-refractivity contribution in [2.75, 3.05) is 5.32 Å². The van der Waals surface area contributed by atoms with Gasteiger partial charge in [-0.1, -0.05) is 0 Å². The van der Waals surface area contributed by atoms with E-state index in [2.05, 4.69) is 17.8 Å². The van der Waals surface area contributed by atoms with E-state index in [1.807, 2.05) is 13.0 Å². The Labute approximate surface area is 70.9 Å². The van der Waals surface area contributed by atoms with Crippen LogP contribution < -0.4 is 5.32 Å². The Morgan fingerprint density at radius 3 is 3.08 bits per heavy atom. The van der Waals surface area contributed by atoms with Gasteiger partial charge in [0.05, 0.1) is 0 Å². The summed E-state index contributed by atoms with van der Waals surface area (Å²) in [6.45, 7) is 1.93. The molecule has 4 heteroatoms. The minimum absolute atomic E-state index is 0.150. The van der Waals surface area contributed by atoms with Crippen LogP contribution in [0.2, 0.25) is 0 Å². The third-order valence-corrected chi connectivity index (χ3v) is 1.86. The summed E-state index contributed by atoms with van der Waals surface area (Å²) >= 11 is 0. The number of anilines is 1. The molecule has 1 aliphatic heterocycles. The topological polar surface area (TPSA) is 42.0 Å². The van der Waals surface area contributed by atoms with Crippen LogP contribution in [0.4, 0.5) is 5.82 Å². The zero-order chi connectivity index (χ0) is 8.72. The fraction of sp³-hybridized carbons (Fsp3) is 0.125. The van der Waals surface area contributed by atoms with Crippen molar-refractivity contribution < 1.29 is 4.79 Å². The van der Waals surface area contributed by atoms with E-state index in [1.54, 1.807) is 6.20 Å². The van der Waals surface area contributed by atoms with E-state index < -0.39 is 0 Å². The van der Waals surface area contributed by atoms with Crippen LogP contribution in [0.5, 0.6) is 0 Å². The molecule has 0 spiro atoms. The molecular formula is C8H7BN2O. The van der Waals surface area contributed by atoms with Gasteiger partial charge in [-0.25, -0.2) is 0 Å². The van der Waals surface area contributed by atoms with Crippen LogP contribution in [0, 0.1) is 6.92 Å². The maximum absolute atomic E-state index is 11.1. The van der Waals surface area contributed by atoms with Crippen LogP contribution in [0.3, 0.4) is 0 Å². The Morgan fingerprint density at radius 2 is 2.33 bits per heavy atom. The first-order chi connectivity index (χ1) is 5.68. The van der Waals surface area contributed by atoms with Crippen LogP contribution in [0.15, 0.2) is 12.3 Å². The molecule has 0 radical (unpaired) electrons. The zero-order valence-corrected chi connectivity index (χ0v) is 6.72. The van der Waals surface area contributed by atoms with Gasteiger partial charge < -0.3 is 0 Å². The summed E-state index contributed by atoms with van der Waals surface area (Å²) in [5, 5.41) is 2.62. The van der Waals surface area contributed by atoms with Crippen molar-refractivity contribution in [2.24, 2.45) is 0 Å². The Balaban J connectivity index is 2.63. The van der Waals surface area contributed by atoms with Gasteiger partial charge in [0.2, 0.25) is 0 Å². The molecule has 2 heterocycles. The van der Waals surface area contributed by atoms with Gasteiger partial charge in [-0.15, -0.1) is 0 Å². The normalized spacial score (nSPS) is 14.3. The van der Waals surface area contributed by atoms with Gasteiger partial charge in [-0.05, 0) is 0 Å². The Hall–Kier alpha value is -1.45. The first-order valence-corrected chi connectivity index (χ1v) is 3.66. The van der Waals surface area contributed by atoms with Gasteiger partial charge in [0.15, 0.2) is 0 Å². The van der Waals surface area contributed by atoms with Gasteiger partial charge in [-0.2, -0.15) is 0 Å². The Kier molecular flexibility index (Phi) is 1.36. The molecule has 0 saturated carbocycles. The van der Waals surface area contributed by atoms with Crippen molar-refractivity contribution in [2.45, 2.75) is 6.92 Å². The molecule has 0 fully saturated rings. The number of nitrogens with one attached hydrogen (secondary N) is 1. The molecule has 3 nitrogen and oxygen atoms in total. The van der Waals surface area contributed by atoms with Gasteiger partial charge in [0.25, 0.3) is 0 Å². The Morgan fingerprint density at radius 1 is 1.58 bits per heavy atom. The van der Waals surface area contributed by atoms with E-state index in [4.69, 9.17) is 0 Å². The molecular weight excluding hydrogens is 151 g/mol. The molecule has 0 atom stereocenters. The van der Waals surface area contributed by atoms with Crippen molar-refractivity contribution in [1.29, 1.82) is 0 Å². The van der Waals surface area contributed by atoms with Crippen LogP contribution in [0.1, 0.15) is 11.1 Å². The van der Waals surface area contributed by atoms with Gasteiger partial charge in [0, 0.05) is 0 Å². The molecule has 1 N–H and O–H groups in total. The summed E-state index contributed by atoms with van der Waals surface area (Å²) in [4.78, 5) is 15.2. The number of hydrogen-bond acceptors (Lipinski definition) is 2. The minimum atomic E-state index is -0.150. The number of rotatable bonds is 0. The monoisotopic (exact) mass is 158 g/mol. The number of aromatic nitrogens is 1. The van der Waals surface area contributed by atoms with Crippen molar-refractivity contribution in [3.05, 3.63) is 23.4 Å². The molecule has 0 aliphatic carbocycles. The van der Waals surface area contributed by atoms with Crippen LogP contribution in [-0.4, -0.2) is 23.8 Å². The number of carbonyl (C=O) groups is 1. The van der Waals surface area contributed by atoms with E-state index in [-0.39, 0.29) is 5.91 Å². The molecule has 1 aromatic rings. The molecule has 1 aliphatic rings. The third-order valence-electron chi connectivity index (χ3n) is 1.86. The predicted octanol–water partition coefficient (Wildman–Crippen LogP) is -0.237. The zero-order valence-electron chi connectivity index (χ0n) is 6.72. The van der Waals surface area contributed by atoms with E-state index >= 15 is 0 Å². The maximum atomic E-state index is 11.1. The van der Waals surface area contributed by atoms with Crippen molar-refractivity contribution in [3.8, 4) is 0 Å². The van der Waals surface area contributed by atoms with E-state index in [1.165, 1.54) is 0 Å². The Bertz CT molecular complexity index is 387. The van der Waals surface area contributed by atoms with E-state index in [0.29, 0.717) is 11.3 Å². The molecule has 0 bridgehead atoms. The summed E-state index contributed by atoms with van der Waals surface area (Å²) in [6.07, 6.45) is 1.72. The summed E-state index contributed by atoms with van der Waals surface area (Å²) in [7, 11) is 3.67. The molecule has 0 unspecified atom stereocenters. The van der Waals surface area contributed by atoms with Gasteiger partial charge in [0.1, 0.15) is 0 Å². The molecule has 12 heavy (non-hydrogen) atoms. The molecule has 0 aromatic carbocycles. The van der Waals surface area contributed by atoms with Crippen LogP contribution >= 0.6 is 0 Å². The molecule has 0 saturated heterocycles. The average molecular weight is 158 g/mol. The molecule has 1 aromatic heterocycles. The number of pyridine rings is 1. The number of fused-ring (bicyclic) bond motifs is 1. The number of nitrogens with zero attached hydrogens (tertiary/aromatic N) is 1. The number of hydrogen-bond donors (Lipinski definition) is 1. The first kappa shape index (κ1) is 7.22. The number of aryl methyl sites for hydroxylation is 1. The number of amides is 1. The van der Waals surface area contributed by atoms with E-state index in [0.717, 1.165) is 11.1 Å². The molecule has 1 amide bonds. The van der Waals surface area contributed by atoms with Crippen LogP contribution in [-0.2, 0) is 4.79 Å². The van der Waals surface area contributed by atoms with Gasteiger partial charge >= 0.3 is 70.1 Å². The van der Waals surface area contributed by atoms with E-state index in [9.17, 15) is 4.79 Å². The first-order valence-electron chi connectivity index (χ1n) is 3.66. The number of carbonyl (C=O) groups excluding carboxylic acids is 1. The summed E-state index contributed by atoms with van der Waals surface area (Å²) in [6, 6.07) is 1.91. The summed E-state index contributed by atoms with van der Waals surface area (Å²) in [5.74, 6) is 0.471. The fourth-order valence-corrected chi connectivity index (χ4v) is 1.20. The second kappa shape index (κ2) is 2.27. The van der Waals surface area contributed by atoms with Crippen molar-refractivity contribution in [3.63, 3.8) is 0 Å². The second-order valence-electron chi connectivity index (χ2n) is 2.84. The molecule has 2 rings (SSSR count). The average Bonchev–Trinajstić information content (AvgIpc) is 2.31. The van der Waals surface area contributed by atoms with Crippen molar-refractivity contribution in [1.82, 2.24) is 4.98 Å². The van der Waals surface area contributed by atoms with Crippen LogP contribution in [0.25, 0.3) is 0 Å². The third kappa shape index (κ3) is 0.880. The summed E-state index contributed by atoms with van der Waals surface area (Å²) < 4.78 is 0. The summed E-state index contributed by atoms with van der Waals surface area (Å²) in [5.41, 5.74) is 2.35. The quantitative estimate of drug-likeness (QED) is 0.529. The SMILES string of the molecule is B=C1C(=O)Nc2ncc(C)cc21. The predicted molar refractivity (Wildman–Crippen MR) is 48.9 cm³/mol. The standard InChI is InChI=1S/C8H7BN2O/c1-4-2-5-6(9)8(12)11-7(5)10-3-4/h2-3,9H,1H3,(H,10,11,12). The fourth-order valence-electron chi connectivity index (χ4n) is 1.20. The van der Waals surface area contributed by atoms with Gasteiger partial charge in [-0.3, -0.25) is 0 Å². The molecule has 58 valence electrons. The second-order valence-corrected chi connectivity index (χ2v) is 2.84. The van der Waals surface area contributed by atoms with Crippen molar-refractivity contribution >= 4 is 24.7 Å².